The van der Waals surface area contributed by atoms with Crippen molar-refractivity contribution in [1.29, 1.82) is 0 Å². The monoisotopic (exact) mass is 454 g/mol. The van der Waals surface area contributed by atoms with Gasteiger partial charge in [-0.05, 0) is 24.5 Å². The summed E-state index contributed by atoms with van der Waals surface area (Å²) in [6.07, 6.45) is 3.23. The smallest absolute Gasteiger partial charge is 0.263 e. The second-order valence-corrected chi connectivity index (χ2v) is 10.3. The normalized spacial score (nSPS) is 15.4. The number of primary amides is 1. The number of likely N-dealkylation sites (tertiary alicyclic amines) is 1. The highest BCUT2D eigenvalue weighted by atomic mass is 32.1. The Balaban J connectivity index is 1.55. The molecule has 168 valence electrons. The number of hydrogen-bond donors (Lipinski definition) is 3. The maximum atomic E-state index is 12.8. The minimum absolute atomic E-state index is 0.0300. The van der Waals surface area contributed by atoms with Crippen molar-refractivity contribution in [1.82, 2.24) is 25.2 Å². The van der Waals surface area contributed by atoms with Crippen LogP contribution in [0.1, 0.15) is 47.7 Å². The number of rotatable bonds is 5. The Morgan fingerprint density at radius 3 is 2.66 bits per heavy atom. The second kappa shape index (κ2) is 8.01. The number of amides is 3. The van der Waals surface area contributed by atoms with Crippen LogP contribution >= 0.6 is 11.3 Å². The van der Waals surface area contributed by atoms with E-state index in [0.717, 1.165) is 4.88 Å². The van der Waals surface area contributed by atoms with Crippen molar-refractivity contribution in [3.63, 3.8) is 0 Å². The third kappa shape index (κ3) is 4.10. The Morgan fingerprint density at radius 1 is 1.28 bits per heavy atom. The molecule has 3 amide bonds. The maximum absolute atomic E-state index is 12.8. The number of carbonyl (C=O) groups excluding carboxylic acids is 3. The predicted octanol–water partition coefficient (Wildman–Crippen LogP) is 2.41. The number of thiophene rings is 1. The molecular formula is C22H26N6O3S. The van der Waals surface area contributed by atoms with Crippen LogP contribution in [0.5, 0.6) is 0 Å². The van der Waals surface area contributed by atoms with Crippen LogP contribution in [0, 0.1) is 11.3 Å². The van der Waals surface area contributed by atoms with Crippen LogP contribution in [0.4, 0.5) is 0 Å². The molecule has 0 saturated carbocycles. The minimum Gasteiger partial charge on any atom is -0.369 e. The van der Waals surface area contributed by atoms with Gasteiger partial charge in [-0.1, -0.05) is 20.8 Å². The number of nitrogens with two attached hydrogens (primary N) is 1. The van der Waals surface area contributed by atoms with Crippen molar-refractivity contribution in [2.45, 2.75) is 33.7 Å². The lowest BCUT2D eigenvalue weighted by Gasteiger charge is -2.36. The SMILES string of the molecule is C[C@H](NC(=O)c1c[nH]c2ncc(-c3ccc(C(=O)N4CC(C(N)=O)C4)s3)nc12)C(C)(C)C. The molecule has 0 spiro atoms. The average molecular weight is 455 g/mol. The molecule has 4 heterocycles. The lowest BCUT2D eigenvalue weighted by atomic mass is 9.88. The minimum atomic E-state index is -0.382. The van der Waals surface area contributed by atoms with Crippen LogP contribution < -0.4 is 11.1 Å². The van der Waals surface area contributed by atoms with Crippen LogP contribution in [-0.4, -0.2) is 56.7 Å². The average Bonchev–Trinajstić information content (AvgIpc) is 3.32. The number of hydrogen-bond acceptors (Lipinski definition) is 6. The number of nitrogens with one attached hydrogen (secondary N) is 2. The fourth-order valence-electron chi connectivity index (χ4n) is 3.24. The van der Waals surface area contributed by atoms with Crippen LogP contribution in [-0.2, 0) is 4.79 Å². The van der Waals surface area contributed by atoms with Gasteiger partial charge in [0.05, 0.1) is 33.1 Å². The summed E-state index contributed by atoms with van der Waals surface area (Å²) < 4.78 is 0. The Kier molecular flexibility index (Phi) is 5.49. The van der Waals surface area contributed by atoms with Crippen molar-refractivity contribution in [2.75, 3.05) is 13.1 Å². The van der Waals surface area contributed by atoms with E-state index < -0.39 is 0 Å². The van der Waals surface area contributed by atoms with Crippen molar-refractivity contribution in [3.05, 3.63) is 35.0 Å². The summed E-state index contributed by atoms with van der Waals surface area (Å²) in [6, 6.07) is 3.52. The van der Waals surface area contributed by atoms with E-state index in [9.17, 15) is 14.4 Å². The van der Waals surface area contributed by atoms with Crippen LogP contribution in [0.25, 0.3) is 21.7 Å². The van der Waals surface area contributed by atoms with Gasteiger partial charge in [-0.25, -0.2) is 9.97 Å². The molecule has 3 aromatic heterocycles. The highest BCUT2D eigenvalue weighted by Gasteiger charge is 2.35. The molecule has 4 N–H and O–H groups in total. The summed E-state index contributed by atoms with van der Waals surface area (Å²) in [5, 5.41) is 3.02. The molecule has 1 aliphatic rings. The molecule has 4 rings (SSSR count). The molecule has 3 aromatic rings. The fourth-order valence-corrected chi connectivity index (χ4v) is 4.17. The molecule has 0 aliphatic carbocycles. The summed E-state index contributed by atoms with van der Waals surface area (Å²) in [6.45, 7) is 8.86. The quantitative estimate of drug-likeness (QED) is 0.544. The molecule has 0 aromatic carbocycles. The Hall–Kier alpha value is -3.27. The molecule has 0 bridgehead atoms. The van der Waals surface area contributed by atoms with E-state index in [-0.39, 0.29) is 35.1 Å². The summed E-state index contributed by atoms with van der Waals surface area (Å²) >= 11 is 1.30. The van der Waals surface area contributed by atoms with E-state index in [0.29, 0.717) is 40.4 Å². The van der Waals surface area contributed by atoms with E-state index in [1.54, 1.807) is 23.4 Å². The first-order chi connectivity index (χ1) is 15.0. The molecule has 10 heteroatoms. The van der Waals surface area contributed by atoms with Crippen molar-refractivity contribution in [3.8, 4) is 10.6 Å². The zero-order chi connectivity index (χ0) is 23.2. The first-order valence-electron chi connectivity index (χ1n) is 10.4. The Morgan fingerprint density at radius 2 is 2.00 bits per heavy atom. The number of aromatic amines is 1. The van der Waals surface area contributed by atoms with E-state index in [4.69, 9.17) is 5.73 Å². The van der Waals surface area contributed by atoms with Gasteiger partial charge in [0.2, 0.25) is 5.91 Å². The van der Waals surface area contributed by atoms with Gasteiger partial charge in [0.25, 0.3) is 11.8 Å². The van der Waals surface area contributed by atoms with Gasteiger partial charge in [0, 0.05) is 25.3 Å². The summed E-state index contributed by atoms with van der Waals surface area (Å²) in [7, 11) is 0. The summed E-state index contributed by atoms with van der Waals surface area (Å²) in [4.78, 5) is 51.6. The van der Waals surface area contributed by atoms with Gasteiger partial charge >= 0.3 is 0 Å². The van der Waals surface area contributed by atoms with Gasteiger partial charge in [-0.2, -0.15) is 0 Å². The molecule has 9 nitrogen and oxygen atoms in total. The maximum Gasteiger partial charge on any atom is 0.263 e. The largest absolute Gasteiger partial charge is 0.369 e. The van der Waals surface area contributed by atoms with Crippen LogP contribution in [0.15, 0.2) is 24.5 Å². The number of fused-ring (bicyclic) bond motifs is 1. The molecule has 1 atom stereocenters. The van der Waals surface area contributed by atoms with E-state index >= 15 is 0 Å². The summed E-state index contributed by atoms with van der Waals surface area (Å²) in [5.41, 5.74) is 7.21. The Bertz CT molecular complexity index is 1200. The van der Waals surface area contributed by atoms with Gasteiger partial charge in [-0.3, -0.25) is 14.4 Å². The zero-order valence-corrected chi connectivity index (χ0v) is 19.2. The Labute approximate surface area is 189 Å². The van der Waals surface area contributed by atoms with Gasteiger partial charge < -0.3 is 20.9 Å². The standard InChI is InChI=1S/C22H26N6O3S/c1-11(22(2,3)4)26-20(30)13-7-24-19-17(13)27-14(8-25-19)15-5-6-16(32-15)21(31)28-9-12(10-28)18(23)29/h5-8,11-12H,9-10H2,1-4H3,(H2,23,29)(H,24,25)(H,26,30)/t11-/m0/s1. The van der Waals surface area contributed by atoms with Crippen molar-refractivity contribution in [2.24, 2.45) is 17.1 Å². The van der Waals surface area contributed by atoms with Crippen molar-refractivity contribution >= 4 is 40.2 Å². The first kappa shape index (κ1) is 21.9. The molecular weight excluding hydrogens is 428 g/mol. The highest BCUT2D eigenvalue weighted by molar-refractivity contribution is 7.17. The number of aromatic nitrogens is 3. The van der Waals surface area contributed by atoms with Crippen molar-refractivity contribution < 1.29 is 14.4 Å². The van der Waals surface area contributed by atoms with Crippen LogP contribution in [0.3, 0.4) is 0 Å². The van der Waals surface area contributed by atoms with Gasteiger partial charge in [-0.15, -0.1) is 11.3 Å². The van der Waals surface area contributed by atoms with E-state index in [2.05, 4.69) is 41.0 Å². The predicted molar refractivity (Wildman–Crippen MR) is 122 cm³/mol. The number of carbonyl (C=O) groups is 3. The number of H-pyrrole nitrogens is 1. The van der Waals surface area contributed by atoms with E-state index in [1.807, 2.05) is 13.0 Å². The van der Waals surface area contributed by atoms with E-state index in [1.165, 1.54) is 11.3 Å². The third-order valence-corrected chi connectivity index (χ3v) is 7.01. The molecule has 0 unspecified atom stereocenters. The molecule has 1 saturated heterocycles. The highest BCUT2D eigenvalue weighted by Crippen LogP contribution is 2.30. The first-order valence-corrected chi connectivity index (χ1v) is 11.2. The molecule has 1 fully saturated rings. The number of nitrogens with zero attached hydrogens (tertiary/aromatic N) is 3. The third-order valence-electron chi connectivity index (χ3n) is 5.91. The van der Waals surface area contributed by atoms with Gasteiger partial charge in [0.15, 0.2) is 5.65 Å². The lowest BCUT2D eigenvalue weighted by Crippen LogP contribution is -2.54. The molecule has 32 heavy (non-hydrogen) atoms. The fraction of sp³-hybridized carbons (Fsp3) is 0.409. The van der Waals surface area contributed by atoms with Crippen LogP contribution in [0.2, 0.25) is 0 Å². The molecule has 0 radical (unpaired) electrons. The second-order valence-electron chi connectivity index (χ2n) is 9.19. The lowest BCUT2D eigenvalue weighted by molar-refractivity contribution is -0.125. The zero-order valence-electron chi connectivity index (χ0n) is 18.4. The summed E-state index contributed by atoms with van der Waals surface area (Å²) in [5.74, 6) is -1.00. The topological polar surface area (TPSA) is 134 Å². The molecule has 1 aliphatic heterocycles. The van der Waals surface area contributed by atoms with Gasteiger partial charge in [0.1, 0.15) is 5.52 Å².